The van der Waals surface area contributed by atoms with Crippen LogP contribution < -0.4 is 14.7 Å². The number of hydrogen-bond donors (Lipinski definition) is 1. The summed E-state index contributed by atoms with van der Waals surface area (Å²) >= 11 is 0. The third-order valence-electron chi connectivity index (χ3n) is 3.96. The van der Waals surface area contributed by atoms with Crippen LogP contribution in [0, 0.1) is 0 Å². The molecule has 0 bridgehead atoms. The van der Waals surface area contributed by atoms with Crippen molar-refractivity contribution in [3.8, 4) is 5.75 Å². The van der Waals surface area contributed by atoms with Gasteiger partial charge in [0, 0.05) is 18.9 Å². The minimum Gasteiger partial charge on any atom is -0.545 e. The predicted octanol–water partition coefficient (Wildman–Crippen LogP) is -1.43. The number of carbonyl (C=O) groups is 2. The van der Waals surface area contributed by atoms with Gasteiger partial charge in [-0.3, -0.25) is 4.79 Å². The van der Waals surface area contributed by atoms with E-state index in [2.05, 4.69) is 0 Å². The number of para-hydroxylation sites is 1. The van der Waals surface area contributed by atoms with Gasteiger partial charge in [-0.2, -0.15) is 0 Å². The summed E-state index contributed by atoms with van der Waals surface area (Å²) in [5.41, 5.74) is 0.0879. The summed E-state index contributed by atoms with van der Waals surface area (Å²) in [6, 6.07) is 6.52. The third kappa shape index (κ3) is 4.46. The van der Waals surface area contributed by atoms with Crippen LogP contribution in [0.15, 0.2) is 24.3 Å². The monoisotopic (exact) mass is 306 g/mol. The average Bonchev–Trinajstić information content (AvgIpc) is 2.52. The van der Waals surface area contributed by atoms with E-state index in [4.69, 9.17) is 4.74 Å². The number of ether oxygens (including phenoxy) is 1. The molecule has 0 spiro atoms. The maximum Gasteiger partial charge on any atom is 0.219 e. The Bertz CT molecular complexity index is 525. The van der Waals surface area contributed by atoms with Crippen molar-refractivity contribution >= 4 is 11.9 Å². The molecule has 0 aliphatic carbocycles. The van der Waals surface area contributed by atoms with Crippen molar-refractivity contribution in [3.05, 3.63) is 29.8 Å². The average molecular weight is 306 g/mol. The van der Waals surface area contributed by atoms with Gasteiger partial charge in [-0.15, -0.1) is 0 Å². The Balaban J connectivity index is 1.70. The molecule has 0 aromatic heterocycles. The molecule has 1 fully saturated rings. The number of carboxylic acid groups (broad SMARTS) is 1. The molecule has 0 unspecified atom stereocenters. The molecule has 2 rings (SSSR count). The lowest BCUT2D eigenvalue weighted by atomic mass is 10.2. The Labute approximate surface area is 130 Å². The summed E-state index contributed by atoms with van der Waals surface area (Å²) in [6.07, 6.45) is 0.844. The zero-order valence-corrected chi connectivity index (χ0v) is 12.8. The second-order valence-electron chi connectivity index (χ2n) is 5.49. The minimum absolute atomic E-state index is 0.0879. The fraction of sp³-hybridized carbons (Fsp3) is 0.500. The molecule has 6 nitrogen and oxygen atoms in total. The Morgan fingerprint density at radius 3 is 2.59 bits per heavy atom. The molecule has 0 atom stereocenters. The summed E-state index contributed by atoms with van der Waals surface area (Å²) in [5.74, 6) is -0.721. The molecule has 1 aliphatic rings. The van der Waals surface area contributed by atoms with Crippen LogP contribution in [0.1, 0.15) is 23.7 Å². The van der Waals surface area contributed by atoms with Crippen LogP contribution in [0.5, 0.6) is 5.75 Å². The highest BCUT2D eigenvalue weighted by molar-refractivity contribution is 5.89. The number of carbonyl (C=O) groups excluding carboxylic acids is 2. The lowest BCUT2D eigenvalue weighted by Crippen LogP contribution is -3.14. The van der Waals surface area contributed by atoms with E-state index in [0.29, 0.717) is 12.4 Å². The van der Waals surface area contributed by atoms with E-state index in [1.807, 2.05) is 4.90 Å². The maximum absolute atomic E-state index is 11.3. The van der Waals surface area contributed by atoms with Crippen LogP contribution in [-0.4, -0.2) is 56.1 Å². The summed E-state index contributed by atoms with van der Waals surface area (Å²) in [4.78, 5) is 25.5. The first-order valence-electron chi connectivity index (χ1n) is 7.60. The fourth-order valence-corrected chi connectivity index (χ4v) is 2.65. The summed E-state index contributed by atoms with van der Waals surface area (Å²) in [5, 5.41) is 11.0. The van der Waals surface area contributed by atoms with Crippen molar-refractivity contribution in [2.24, 2.45) is 0 Å². The molecule has 1 aromatic rings. The highest BCUT2D eigenvalue weighted by Crippen LogP contribution is 2.16. The van der Waals surface area contributed by atoms with E-state index in [-0.39, 0.29) is 11.5 Å². The highest BCUT2D eigenvalue weighted by atomic mass is 16.5. The summed E-state index contributed by atoms with van der Waals surface area (Å²) in [6.45, 7) is 6.56. The van der Waals surface area contributed by atoms with Gasteiger partial charge in [0.05, 0.1) is 45.3 Å². The van der Waals surface area contributed by atoms with E-state index < -0.39 is 5.97 Å². The number of nitrogens with one attached hydrogen (secondary N) is 1. The van der Waals surface area contributed by atoms with Gasteiger partial charge in [0.25, 0.3) is 0 Å². The van der Waals surface area contributed by atoms with Crippen molar-refractivity contribution in [2.75, 3.05) is 39.3 Å². The van der Waals surface area contributed by atoms with E-state index in [9.17, 15) is 14.7 Å². The zero-order valence-electron chi connectivity index (χ0n) is 12.8. The Morgan fingerprint density at radius 2 is 1.95 bits per heavy atom. The molecule has 1 N–H and O–H groups in total. The molecular formula is C16H22N2O4. The van der Waals surface area contributed by atoms with Gasteiger partial charge in [0.15, 0.2) is 0 Å². The second kappa shape index (κ2) is 7.79. The van der Waals surface area contributed by atoms with Crippen molar-refractivity contribution in [2.45, 2.75) is 13.3 Å². The Morgan fingerprint density at radius 1 is 1.27 bits per heavy atom. The van der Waals surface area contributed by atoms with Crippen LogP contribution in [0.25, 0.3) is 0 Å². The largest absolute Gasteiger partial charge is 0.545 e. The number of amides is 1. The number of rotatable bonds is 6. The van der Waals surface area contributed by atoms with Crippen LogP contribution >= 0.6 is 0 Å². The quantitative estimate of drug-likeness (QED) is 0.654. The molecule has 1 aliphatic heterocycles. The highest BCUT2D eigenvalue weighted by Gasteiger charge is 2.20. The molecule has 1 heterocycles. The molecule has 22 heavy (non-hydrogen) atoms. The number of quaternary nitrogens is 1. The SMILES string of the molecule is CC(=O)N1CC[NH+](CCCOc2ccccc2C(=O)[O-])CC1. The number of benzene rings is 1. The Hall–Kier alpha value is -2.08. The van der Waals surface area contributed by atoms with Gasteiger partial charge < -0.3 is 24.4 Å². The van der Waals surface area contributed by atoms with Gasteiger partial charge in [-0.1, -0.05) is 12.1 Å². The van der Waals surface area contributed by atoms with E-state index in [1.165, 1.54) is 11.0 Å². The second-order valence-corrected chi connectivity index (χ2v) is 5.49. The first-order valence-corrected chi connectivity index (χ1v) is 7.60. The molecule has 0 radical (unpaired) electrons. The van der Waals surface area contributed by atoms with E-state index in [1.54, 1.807) is 25.1 Å². The number of piperazine rings is 1. The standard InChI is InChI=1S/C16H22N2O4/c1-13(19)18-10-8-17(9-11-18)7-4-12-22-15-6-3-2-5-14(15)16(20)21/h2-3,5-6H,4,7-12H2,1H3,(H,20,21). The van der Waals surface area contributed by atoms with Gasteiger partial charge >= 0.3 is 0 Å². The smallest absolute Gasteiger partial charge is 0.219 e. The summed E-state index contributed by atoms with van der Waals surface area (Å²) < 4.78 is 5.55. The maximum atomic E-state index is 11.3. The van der Waals surface area contributed by atoms with E-state index in [0.717, 1.165) is 39.1 Å². The van der Waals surface area contributed by atoms with Crippen LogP contribution in [0.4, 0.5) is 0 Å². The van der Waals surface area contributed by atoms with Gasteiger partial charge in [-0.25, -0.2) is 0 Å². The number of aromatic carboxylic acids is 1. The van der Waals surface area contributed by atoms with Crippen LogP contribution in [0.2, 0.25) is 0 Å². The van der Waals surface area contributed by atoms with Crippen LogP contribution in [0.3, 0.4) is 0 Å². The van der Waals surface area contributed by atoms with Crippen molar-refractivity contribution in [1.29, 1.82) is 0 Å². The minimum atomic E-state index is -1.22. The first kappa shape index (κ1) is 16.3. The summed E-state index contributed by atoms with van der Waals surface area (Å²) in [7, 11) is 0. The molecular weight excluding hydrogens is 284 g/mol. The van der Waals surface area contributed by atoms with Crippen molar-refractivity contribution in [3.63, 3.8) is 0 Å². The van der Waals surface area contributed by atoms with Crippen LogP contribution in [-0.2, 0) is 4.79 Å². The molecule has 6 heteroatoms. The fourth-order valence-electron chi connectivity index (χ4n) is 2.65. The number of carboxylic acids is 1. The molecule has 1 amide bonds. The number of hydrogen-bond acceptors (Lipinski definition) is 4. The first-order chi connectivity index (χ1) is 10.6. The van der Waals surface area contributed by atoms with E-state index >= 15 is 0 Å². The zero-order chi connectivity index (χ0) is 15.9. The van der Waals surface area contributed by atoms with Gasteiger partial charge in [0.1, 0.15) is 5.75 Å². The van der Waals surface area contributed by atoms with Gasteiger partial charge in [0.2, 0.25) is 5.91 Å². The lowest BCUT2D eigenvalue weighted by molar-refractivity contribution is -0.904. The topological polar surface area (TPSA) is 74.1 Å². The molecule has 1 aromatic carbocycles. The molecule has 1 saturated heterocycles. The van der Waals surface area contributed by atoms with Crippen molar-refractivity contribution in [1.82, 2.24) is 4.90 Å². The lowest BCUT2D eigenvalue weighted by Gasteiger charge is -2.31. The predicted molar refractivity (Wildman–Crippen MR) is 78.7 cm³/mol. The van der Waals surface area contributed by atoms with Gasteiger partial charge in [-0.05, 0) is 12.1 Å². The molecule has 0 saturated carbocycles. The van der Waals surface area contributed by atoms with Crippen molar-refractivity contribution < 1.29 is 24.3 Å². The third-order valence-corrected chi connectivity index (χ3v) is 3.96. The number of nitrogens with zero attached hydrogens (tertiary/aromatic N) is 1. The molecule has 120 valence electrons. The Kier molecular flexibility index (Phi) is 5.77. The normalized spacial score (nSPS) is 15.6.